The summed E-state index contributed by atoms with van der Waals surface area (Å²) in [5.41, 5.74) is 1.55. The van der Waals surface area contributed by atoms with Gasteiger partial charge in [-0.2, -0.15) is 19.6 Å². The number of nitrogens with zero attached hydrogens (tertiary/aromatic N) is 4. The lowest BCUT2D eigenvalue weighted by molar-refractivity contribution is 0.942. The summed E-state index contributed by atoms with van der Waals surface area (Å²) >= 11 is 12.7. The van der Waals surface area contributed by atoms with Crippen molar-refractivity contribution in [3.63, 3.8) is 0 Å². The van der Waals surface area contributed by atoms with Gasteiger partial charge in [0, 0.05) is 0 Å². The van der Waals surface area contributed by atoms with Crippen LogP contribution in [0.5, 0.6) is 0 Å². The van der Waals surface area contributed by atoms with Gasteiger partial charge in [0.1, 0.15) is 16.6 Å². The van der Waals surface area contributed by atoms with Gasteiger partial charge in [-0.1, -0.05) is 59.6 Å². The molecule has 0 amide bonds. The van der Waals surface area contributed by atoms with Crippen molar-refractivity contribution in [3.8, 4) is 11.1 Å². The van der Waals surface area contributed by atoms with E-state index in [1.165, 1.54) is 10.8 Å². The van der Waals surface area contributed by atoms with Crippen molar-refractivity contribution in [1.29, 1.82) is 0 Å². The fourth-order valence-electron chi connectivity index (χ4n) is 2.37. The number of halogens is 2. The second kappa shape index (κ2) is 4.69. The molecule has 6 heteroatoms. The van der Waals surface area contributed by atoms with Crippen LogP contribution in [-0.2, 0) is 0 Å². The first-order valence-corrected chi connectivity index (χ1v) is 7.03. The summed E-state index contributed by atoms with van der Waals surface area (Å²) in [6.45, 7) is 0. The summed E-state index contributed by atoms with van der Waals surface area (Å²) in [5, 5.41) is 7.04. The first kappa shape index (κ1) is 12.6. The fourth-order valence-corrected chi connectivity index (χ4v) is 3.01. The summed E-state index contributed by atoms with van der Waals surface area (Å²) in [7, 11) is 0. The van der Waals surface area contributed by atoms with Gasteiger partial charge in [-0.15, -0.1) is 0 Å². The van der Waals surface area contributed by atoms with Gasteiger partial charge in [-0.3, -0.25) is 0 Å². The molecule has 4 aromatic rings. The molecule has 0 unspecified atom stereocenters. The lowest BCUT2D eigenvalue weighted by Crippen LogP contribution is -1.97. The van der Waals surface area contributed by atoms with Crippen molar-refractivity contribution in [1.82, 2.24) is 19.6 Å². The number of benzene rings is 2. The number of fused-ring (bicyclic) bond motifs is 2. The Morgan fingerprint density at radius 3 is 2.62 bits per heavy atom. The van der Waals surface area contributed by atoms with E-state index in [9.17, 15) is 0 Å². The van der Waals surface area contributed by atoms with Crippen LogP contribution in [0.3, 0.4) is 0 Å². The molecule has 0 N–H and O–H groups in total. The zero-order valence-corrected chi connectivity index (χ0v) is 12.2. The maximum Gasteiger partial charge on any atom is 0.255 e. The van der Waals surface area contributed by atoms with Crippen molar-refractivity contribution in [2.45, 2.75) is 0 Å². The van der Waals surface area contributed by atoms with Crippen LogP contribution in [0, 0.1) is 0 Å². The van der Waals surface area contributed by atoms with Crippen molar-refractivity contribution in [2.24, 2.45) is 0 Å². The van der Waals surface area contributed by atoms with Gasteiger partial charge in [0.05, 0.1) is 5.56 Å². The van der Waals surface area contributed by atoms with E-state index < -0.39 is 0 Å². The Kier molecular flexibility index (Phi) is 2.80. The van der Waals surface area contributed by atoms with Gasteiger partial charge in [0.25, 0.3) is 5.78 Å². The minimum atomic E-state index is 0.316. The zero-order chi connectivity index (χ0) is 14.4. The van der Waals surface area contributed by atoms with Crippen LogP contribution >= 0.6 is 23.2 Å². The highest BCUT2D eigenvalue weighted by Gasteiger charge is 2.15. The predicted octanol–water partition coefficient (Wildman–Crippen LogP) is 4.25. The van der Waals surface area contributed by atoms with Crippen molar-refractivity contribution in [3.05, 3.63) is 59.1 Å². The molecule has 0 saturated carbocycles. The summed E-state index contributed by atoms with van der Waals surface area (Å²) < 4.78 is 1.47. The van der Waals surface area contributed by atoms with E-state index in [2.05, 4.69) is 21.1 Å². The van der Waals surface area contributed by atoms with Gasteiger partial charge >= 0.3 is 0 Å². The molecule has 21 heavy (non-hydrogen) atoms. The summed E-state index contributed by atoms with van der Waals surface area (Å²) in [5.74, 6) is 0.384. The van der Waals surface area contributed by atoms with Crippen LogP contribution < -0.4 is 0 Å². The second-order valence-electron chi connectivity index (χ2n) is 4.60. The SMILES string of the molecule is Clc1nc2ncnn2c(Cl)c1-c1ccc2ccccc2c1. The van der Waals surface area contributed by atoms with E-state index in [0.717, 1.165) is 16.3 Å². The number of hydrogen-bond acceptors (Lipinski definition) is 3. The van der Waals surface area contributed by atoms with Crippen molar-refractivity contribution >= 4 is 39.8 Å². The average Bonchev–Trinajstić information content (AvgIpc) is 2.95. The quantitative estimate of drug-likeness (QED) is 0.493. The maximum absolute atomic E-state index is 6.41. The summed E-state index contributed by atoms with van der Waals surface area (Å²) in [6.07, 6.45) is 1.40. The van der Waals surface area contributed by atoms with E-state index >= 15 is 0 Å². The highest BCUT2D eigenvalue weighted by molar-refractivity contribution is 6.38. The largest absolute Gasteiger partial charge is 0.255 e. The molecule has 0 aliphatic carbocycles. The van der Waals surface area contributed by atoms with Crippen LogP contribution in [0.15, 0.2) is 48.8 Å². The standard InChI is InChI=1S/C15H8Cl2N4/c16-13-12(14(17)21-15(20-13)18-8-19-21)11-6-5-9-3-1-2-4-10(9)7-11/h1-8H. The molecule has 0 spiro atoms. The molecular weight excluding hydrogens is 307 g/mol. The Bertz CT molecular complexity index is 978. The van der Waals surface area contributed by atoms with Crippen LogP contribution in [0.2, 0.25) is 10.3 Å². The van der Waals surface area contributed by atoms with Crippen molar-refractivity contribution in [2.75, 3.05) is 0 Å². The average molecular weight is 315 g/mol. The Morgan fingerprint density at radius 2 is 1.76 bits per heavy atom. The van der Waals surface area contributed by atoms with E-state index in [1.807, 2.05) is 36.4 Å². The molecule has 0 atom stereocenters. The van der Waals surface area contributed by atoms with Crippen LogP contribution in [-0.4, -0.2) is 19.6 Å². The van der Waals surface area contributed by atoms with E-state index in [0.29, 0.717) is 21.6 Å². The third kappa shape index (κ3) is 1.95. The third-order valence-electron chi connectivity index (χ3n) is 3.36. The monoisotopic (exact) mass is 314 g/mol. The Hall–Kier alpha value is -2.17. The number of aromatic nitrogens is 4. The normalized spacial score (nSPS) is 11.3. The molecule has 4 rings (SSSR count). The summed E-state index contributed by atoms with van der Waals surface area (Å²) in [6, 6.07) is 14.1. The second-order valence-corrected chi connectivity index (χ2v) is 5.32. The first-order chi connectivity index (χ1) is 10.2. The van der Waals surface area contributed by atoms with Gasteiger partial charge in [0.2, 0.25) is 0 Å². The van der Waals surface area contributed by atoms with Crippen LogP contribution in [0.25, 0.3) is 27.7 Å². The number of hydrogen-bond donors (Lipinski definition) is 0. The minimum Gasteiger partial charge on any atom is -0.198 e. The van der Waals surface area contributed by atoms with Crippen molar-refractivity contribution < 1.29 is 0 Å². The predicted molar refractivity (Wildman–Crippen MR) is 83.7 cm³/mol. The summed E-state index contributed by atoms with van der Waals surface area (Å²) in [4.78, 5) is 8.22. The molecule has 0 fully saturated rings. The Morgan fingerprint density at radius 1 is 0.952 bits per heavy atom. The highest BCUT2D eigenvalue weighted by atomic mass is 35.5. The molecule has 0 aliphatic rings. The molecule has 102 valence electrons. The minimum absolute atomic E-state index is 0.316. The molecule has 2 aromatic heterocycles. The van der Waals surface area contributed by atoms with Gasteiger partial charge in [0.15, 0.2) is 0 Å². The Balaban J connectivity index is 2.03. The molecule has 2 aromatic carbocycles. The zero-order valence-electron chi connectivity index (χ0n) is 10.7. The molecular formula is C15H8Cl2N4. The van der Waals surface area contributed by atoms with E-state index in [1.54, 1.807) is 0 Å². The molecule has 0 bridgehead atoms. The number of rotatable bonds is 1. The lowest BCUT2D eigenvalue weighted by Gasteiger charge is -2.08. The molecule has 0 aliphatic heterocycles. The van der Waals surface area contributed by atoms with Gasteiger partial charge < -0.3 is 0 Å². The third-order valence-corrected chi connectivity index (χ3v) is 3.99. The molecule has 2 heterocycles. The fraction of sp³-hybridized carbons (Fsp3) is 0. The molecule has 0 saturated heterocycles. The smallest absolute Gasteiger partial charge is 0.198 e. The Labute approximate surface area is 130 Å². The van der Waals surface area contributed by atoms with E-state index in [4.69, 9.17) is 23.2 Å². The van der Waals surface area contributed by atoms with E-state index in [-0.39, 0.29) is 0 Å². The van der Waals surface area contributed by atoms with Crippen LogP contribution in [0.4, 0.5) is 0 Å². The topological polar surface area (TPSA) is 43.1 Å². The van der Waals surface area contributed by atoms with Gasteiger partial charge in [-0.05, 0) is 22.4 Å². The van der Waals surface area contributed by atoms with Crippen LogP contribution in [0.1, 0.15) is 0 Å². The highest BCUT2D eigenvalue weighted by Crippen LogP contribution is 2.34. The molecule has 0 radical (unpaired) electrons. The molecule has 4 nitrogen and oxygen atoms in total. The first-order valence-electron chi connectivity index (χ1n) is 6.28. The lowest BCUT2D eigenvalue weighted by atomic mass is 10.0. The van der Waals surface area contributed by atoms with Gasteiger partial charge in [-0.25, -0.2) is 0 Å². The maximum atomic E-state index is 6.41.